The smallest absolute Gasteiger partial charge is 0.378 e. The molecule has 8 nitrogen and oxygen atoms in total. The van der Waals surface area contributed by atoms with Crippen LogP contribution in [0.3, 0.4) is 0 Å². The van der Waals surface area contributed by atoms with E-state index in [-0.39, 0.29) is 16.4 Å². The molecule has 2 atom stereocenters. The minimum absolute atomic E-state index is 0.0219. The Morgan fingerprint density at radius 2 is 1.83 bits per heavy atom. The SMILES string of the molecule is COC1=C(OC)[C@H]([C@H](O)COS(=O)(=O)c2ccc(C)cc2)OC1=O. The van der Waals surface area contributed by atoms with Gasteiger partial charge in [-0.05, 0) is 19.1 Å². The Bertz CT molecular complexity index is 735. The lowest BCUT2D eigenvalue weighted by Gasteiger charge is -2.18. The Morgan fingerprint density at radius 1 is 1.21 bits per heavy atom. The van der Waals surface area contributed by atoms with Gasteiger partial charge in [0.05, 0.1) is 25.7 Å². The molecule has 1 heterocycles. The highest BCUT2D eigenvalue weighted by Crippen LogP contribution is 2.26. The molecule has 2 rings (SSSR count). The molecule has 1 aliphatic rings. The van der Waals surface area contributed by atoms with Crippen LogP contribution in [0, 0.1) is 6.92 Å². The molecule has 9 heteroatoms. The summed E-state index contributed by atoms with van der Waals surface area (Å²) in [5.74, 6) is -1.01. The second-order valence-corrected chi connectivity index (χ2v) is 6.66. The van der Waals surface area contributed by atoms with Gasteiger partial charge in [0.25, 0.3) is 10.1 Å². The lowest BCUT2D eigenvalue weighted by molar-refractivity contribution is -0.147. The van der Waals surface area contributed by atoms with Gasteiger partial charge in [-0.25, -0.2) is 4.79 Å². The summed E-state index contributed by atoms with van der Waals surface area (Å²) in [6.07, 6.45) is -2.65. The number of rotatable bonds is 7. The van der Waals surface area contributed by atoms with Crippen molar-refractivity contribution >= 4 is 16.1 Å². The van der Waals surface area contributed by atoms with Crippen molar-refractivity contribution in [2.24, 2.45) is 0 Å². The Morgan fingerprint density at radius 3 is 2.38 bits per heavy atom. The van der Waals surface area contributed by atoms with Crippen molar-refractivity contribution in [2.45, 2.75) is 24.0 Å². The summed E-state index contributed by atoms with van der Waals surface area (Å²) in [6, 6.07) is 6.05. The van der Waals surface area contributed by atoms with Crippen LogP contribution >= 0.6 is 0 Å². The van der Waals surface area contributed by atoms with Gasteiger partial charge in [0, 0.05) is 0 Å². The van der Waals surface area contributed by atoms with Crippen LogP contribution in [0.1, 0.15) is 5.56 Å². The normalized spacial score (nSPS) is 19.2. The maximum absolute atomic E-state index is 12.1. The quantitative estimate of drug-likeness (QED) is 0.554. The molecule has 0 amide bonds. The maximum Gasteiger partial charge on any atom is 0.378 e. The van der Waals surface area contributed by atoms with Gasteiger partial charge in [-0.1, -0.05) is 17.7 Å². The average molecular weight is 358 g/mol. The predicted octanol–water partition coefficient (Wildman–Crippen LogP) is 0.491. The number of carbonyl (C=O) groups is 1. The summed E-state index contributed by atoms with van der Waals surface area (Å²) in [4.78, 5) is 11.6. The number of aliphatic hydroxyl groups excluding tert-OH is 1. The fraction of sp³-hybridized carbons (Fsp3) is 0.400. The second kappa shape index (κ2) is 7.20. The summed E-state index contributed by atoms with van der Waals surface area (Å²) in [5, 5.41) is 10.1. The van der Waals surface area contributed by atoms with Crippen molar-refractivity contribution in [3.63, 3.8) is 0 Å². The van der Waals surface area contributed by atoms with Gasteiger partial charge in [-0.15, -0.1) is 0 Å². The lowest BCUT2D eigenvalue weighted by atomic mass is 10.2. The zero-order valence-corrected chi connectivity index (χ0v) is 14.2. The van der Waals surface area contributed by atoms with E-state index >= 15 is 0 Å². The number of aliphatic hydroxyl groups is 1. The number of hydrogen-bond acceptors (Lipinski definition) is 8. The van der Waals surface area contributed by atoms with Gasteiger partial charge < -0.3 is 19.3 Å². The first-order valence-electron chi connectivity index (χ1n) is 6.97. The van der Waals surface area contributed by atoms with Crippen LogP contribution in [-0.4, -0.2) is 52.5 Å². The fourth-order valence-corrected chi connectivity index (χ4v) is 3.04. The predicted molar refractivity (Wildman–Crippen MR) is 81.2 cm³/mol. The lowest BCUT2D eigenvalue weighted by Crippen LogP contribution is -2.34. The number of cyclic esters (lactones) is 1. The summed E-state index contributed by atoms with van der Waals surface area (Å²) in [5.41, 5.74) is 0.897. The third-order valence-corrected chi connectivity index (χ3v) is 4.67. The molecular formula is C15H18O8S. The van der Waals surface area contributed by atoms with Crippen LogP contribution in [0.4, 0.5) is 0 Å². The molecule has 0 aromatic heterocycles. The molecule has 0 saturated carbocycles. The van der Waals surface area contributed by atoms with E-state index in [0.29, 0.717) is 0 Å². The zero-order valence-electron chi connectivity index (χ0n) is 13.4. The van der Waals surface area contributed by atoms with E-state index in [0.717, 1.165) is 5.56 Å². The van der Waals surface area contributed by atoms with Crippen LogP contribution in [0.15, 0.2) is 40.7 Å². The van der Waals surface area contributed by atoms with Gasteiger partial charge in [0.2, 0.25) is 5.76 Å². The molecule has 0 spiro atoms. The average Bonchev–Trinajstić information content (AvgIpc) is 2.88. The third kappa shape index (κ3) is 3.69. The van der Waals surface area contributed by atoms with Crippen molar-refractivity contribution in [1.82, 2.24) is 0 Å². The number of benzene rings is 1. The number of ether oxygens (including phenoxy) is 3. The molecule has 132 valence electrons. The van der Waals surface area contributed by atoms with Crippen molar-refractivity contribution < 1.29 is 36.7 Å². The molecular weight excluding hydrogens is 340 g/mol. The first-order chi connectivity index (χ1) is 11.3. The zero-order chi connectivity index (χ0) is 17.9. The Balaban J connectivity index is 2.08. The monoisotopic (exact) mass is 358 g/mol. The molecule has 1 aliphatic heterocycles. The van der Waals surface area contributed by atoms with Crippen molar-refractivity contribution in [1.29, 1.82) is 0 Å². The molecule has 0 bridgehead atoms. The standard InChI is InChI=1S/C15H18O8S/c1-9-4-6-10(7-5-9)24(18,19)22-8-11(16)12-13(20-2)14(21-3)15(17)23-12/h4-7,11-12,16H,8H2,1-3H3/t11-,12+/m1/s1. The Kier molecular flexibility index (Phi) is 5.47. The highest BCUT2D eigenvalue weighted by atomic mass is 32.2. The largest absolute Gasteiger partial charge is 0.493 e. The summed E-state index contributed by atoms with van der Waals surface area (Å²) >= 11 is 0. The van der Waals surface area contributed by atoms with Crippen LogP contribution in [0.5, 0.6) is 0 Å². The third-order valence-electron chi connectivity index (χ3n) is 3.38. The Hall–Kier alpha value is -2.10. The minimum atomic E-state index is -4.05. The molecule has 0 fully saturated rings. The minimum Gasteiger partial charge on any atom is -0.493 e. The number of carbonyl (C=O) groups excluding carboxylic acids is 1. The van der Waals surface area contributed by atoms with E-state index in [4.69, 9.17) is 18.4 Å². The number of methoxy groups -OCH3 is 2. The highest BCUT2D eigenvalue weighted by molar-refractivity contribution is 7.86. The summed E-state index contributed by atoms with van der Waals surface area (Å²) in [6.45, 7) is 1.21. The van der Waals surface area contributed by atoms with Crippen molar-refractivity contribution in [3.05, 3.63) is 41.3 Å². The Labute approximate surface area is 139 Å². The van der Waals surface area contributed by atoms with Crippen molar-refractivity contribution in [2.75, 3.05) is 20.8 Å². The van der Waals surface area contributed by atoms with Gasteiger partial charge in [-0.3, -0.25) is 4.18 Å². The molecule has 1 aromatic carbocycles. The van der Waals surface area contributed by atoms with Crippen molar-refractivity contribution in [3.8, 4) is 0 Å². The van der Waals surface area contributed by atoms with Crippen LogP contribution < -0.4 is 0 Å². The van der Waals surface area contributed by atoms with Gasteiger partial charge in [-0.2, -0.15) is 8.42 Å². The van der Waals surface area contributed by atoms with Gasteiger partial charge in [0.15, 0.2) is 11.9 Å². The van der Waals surface area contributed by atoms with E-state index in [2.05, 4.69) is 0 Å². The van der Waals surface area contributed by atoms with E-state index in [1.165, 1.54) is 26.4 Å². The van der Waals surface area contributed by atoms with Gasteiger partial charge in [0.1, 0.15) is 6.10 Å². The highest BCUT2D eigenvalue weighted by Gasteiger charge is 2.41. The molecule has 0 saturated heterocycles. The maximum atomic E-state index is 12.1. The molecule has 1 N–H and O–H groups in total. The second-order valence-electron chi connectivity index (χ2n) is 5.05. The number of esters is 1. The van der Waals surface area contributed by atoms with E-state index in [1.54, 1.807) is 12.1 Å². The molecule has 0 aliphatic carbocycles. The molecule has 0 unspecified atom stereocenters. The van der Waals surface area contributed by atoms with E-state index in [9.17, 15) is 18.3 Å². The number of hydrogen-bond donors (Lipinski definition) is 1. The van der Waals surface area contributed by atoms with E-state index < -0.39 is 34.9 Å². The fourth-order valence-electron chi connectivity index (χ4n) is 2.12. The van der Waals surface area contributed by atoms with Crippen LogP contribution in [-0.2, 0) is 33.3 Å². The topological polar surface area (TPSA) is 108 Å². The number of aryl methyl sites for hydroxylation is 1. The van der Waals surface area contributed by atoms with Crippen LogP contribution in [0.25, 0.3) is 0 Å². The first kappa shape index (κ1) is 18.2. The van der Waals surface area contributed by atoms with E-state index in [1.807, 2.05) is 6.92 Å². The van der Waals surface area contributed by atoms with Gasteiger partial charge >= 0.3 is 5.97 Å². The molecule has 0 radical (unpaired) electrons. The first-order valence-corrected chi connectivity index (χ1v) is 8.38. The summed E-state index contributed by atoms with van der Waals surface area (Å²) in [7, 11) is -1.52. The summed E-state index contributed by atoms with van der Waals surface area (Å²) < 4.78 is 43.8. The van der Waals surface area contributed by atoms with Crippen LogP contribution in [0.2, 0.25) is 0 Å². The molecule has 24 heavy (non-hydrogen) atoms. The molecule has 1 aromatic rings.